The molecule has 1 radical (unpaired) electrons. The van der Waals surface area contributed by atoms with Crippen LogP contribution < -0.4 is 0 Å². The predicted octanol–water partition coefficient (Wildman–Crippen LogP) is 4.11. The van der Waals surface area contributed by atoms with Crippen LogP contribution in [0.4, 0.5) is 26.3 Å². The van der Waals surface area contributed by atoms with Gasteiger partial charge in [0.1, 0.15) is 6.20 Å². The van der Waals surface area contributed by atoms with Crippen molar-refractivity contribution in [1.29, 1.82) is 0 Å². The molecule has 0 spiro atoms. The minimum absolute atomic E-state index is 0.405. The SMILES string of the molecule is FC(F)(F)Sc1[c]ncc(SC(F)(F)F)c1. The van der Waals surface area contributed by atoms with Crippen molar-refractivity contribution in [2.75, 3.05) is 0 Å². The van der Waals surface area contributed by atoms with Gasteiger partial charge in [0.2, 0.25) is 0 Å². The summed E-state index contributed by atoms with van der Waals surface area (Å²) in [5.74, 6) is 0. The zero-order valence-corrected chi connectivity index (χ0v) is 8.82. The van der Waals surface area contributed by atoms with E-state index in [9.17, 15) is 26.3 Å². The summed E-state index contributed by atoms with van der Waals surface area (Å²) in [5, 5.41) is 0. The van der Waals surface area contributed by atoms with Crippen LogP contribution in [0.1, 0.15) is 0 Å². The highest BCUT2D eigenvalue weighted by Crippen LogP contribution is 2.40. The van der Waals surface area contributed by atoms with Gasteiger partial charge >= 0.3 is 11.0 Å². The van der Waals surface area contributed by atoms with Crippen LogP contribution in [-0.2, 0) is 0 Å². The largest absolute Gasteiger partial charge is 0.446 e. The van der Waals surface area contributed by atoms with Gasteiger partial charge in [0.25, 0.3) is 0 Å². The third-order valence-corrected chi connectivity index (χ3v) is 2.45. The molecule has 0 aromatic carbocycles. The summed E-state index contributed by atoms with van der Waals surface area (Å²) in [5.41, 5.74) is -9.12. The zero-order valence-electron chi connectivity index (χ0n) is 7.19. The molecule has 0 saturated carbocycles. The summed E-state index contributed by atoms with van der Waals surface area (Å²) in [7, 11) is 0. The molecule has 9 heteroatoms. The van der Waals surface area contributed by atoms with Crippen LogP contribution in [0.15, 0.2) is 22.1 Å². The minimum atomic E-state index is -4.57. The lowest BCUT2D eigenvalue weighted by Crippen LogP contribution is -2.01. The summed E-state index contributed by atoms with van der Waals surface area (Å²) in [6.45, 7) is 0. The van der Waals surface area contributed by atoms with Gasteiger partial charge in [-0.05, 0) is 29.6 Å². The van der Waals surface area contributed by atoms with Crippen LogP contribution in [0.5, 0.6) is 0 Å². The molecule has 0 aliphatic carbocycles. The Labute approximate surface area is 94.6 Å². The normalized spacial score (nSPS) is 12.9. The first kappa shape index (κ1) is 13.5. The standard InChI is InChI=1S/C7H2F6NS2/c8-6(9,10)15-4-1-5(3-14-2-4)16-7(11,12)13/h1-2H. The molecule has 0 aliphatic rings. The highest BCUT2D eigenvalue weighted by atomic mass is 32.2. The maximum Gasteiger partial charge on any atom is 0.446 e. The van der Waals surface area contributed by atoms with Gasteiger partial charge in [0, 0.05) is 16.0 Å². The van der Waals surface area contributed by atoms with Crippen molar-refractivity contribution in [2.45, 2.75) is 20.8 Å². The lowest BCUT2D eigenvalue weighted by atomic mass is 10.5. The second-order valence-electron chi connectivity index (χ2n) is 2.38. The summed E-state index contributed by atoms with van der Waals surface area (Å²) in [6.07, 6.45) is 2.77. The third-order valence-electron chi connectivity index (χ3n) is 1.10. The molecule has 0 saturated heterocycles. The van der Waals surface area contributed by atoms with Crippen LogP contribution in [0.25, 0.3) is 0 Å². The number of alkyl halides is 6. The van der Waals surface area contributed by atoms with Crippen LogP contribution >= 0.6 is 23.5 Å². The molecule has 0 atom stereocenters. The first-order valence-corrected chi connectivity index (χ1v) is 5.18. The van der Waals surface area contributed by atoms with Gasteiger partial charge in [0.15, 0.2) is 0 Å². The minimum Gasteiger partial charge on any atom is -0.252 e. The first-order valence-electron chi connectivity index (χ1n) is 3.55. The number of thioether (sulfide) groups is 2. The van der Waals surface area contributed by atoms with Gasteiger partial charge in [-0.15, -0.1) is 0 Å². The smallest absolute Gasteiger partial charge is 0.252 e. The van der Waals surface area contributed by atoms with Gasteiger partial charge in [-0.1, -0.05) is 0 Å². The van der Waals surface area contributed by atoms with E-state index in [2.05, 4.69) is 4.98 Å². The monoisotopic (exact) mass is 278 g/mol. The van der Waals surface area contributed by atoms with Crippen molar-refractivity contribution in [3.05, 3.63) is 18.5 Å². The highest BCUT2D eigenvalue weighted by molar-refractivity contribution is 8.00. The van der Waals surface area contributed by atoms with E-state index in [4.69, 9.17) is 0 Å². The number of aromatic nitrogens is 1. The fraction of sp³-hybridized carbons (Fsp3) is 0.286. The van der Waals surface area contributed by atoms with Crippen molar-refractivity contribution in [3.63, 3.8) is 0 Å². The van der Waals surface area contributed by atoms with Gasteiger partial charge in [0.05, 0.1) is 0 Å². The number of nitrogens with zero attached hydrogens (tertiary/aromatic N) is 1. The van der Waals surface area contributed by atoms with Gasteiger partial charge in [-0.25, -0.2) is 0 Å². The quantitative estimate of drug-likeness (QED) is 0.597. The Morgan fingerprint density at radius 1 is 1.00 bits per heavy atom. The lowest BCUT2D eigenvalue weighted by molar-refractivity contribution is -0.0334. The molecule has 0 unspecified atom stereocenters. The summed E-state index contributed by atoms with van der Waals surface area (Å²) in [4.78, 5) is 2.28. The van der Waals surface area contributed by atoms with E-state index in [1.54, 1.807) is 0 Å². The molecule has 1 aromatic heterocycles. The molecule has 0 aliphatic heterocycles. The summed E-state index contributed by atoms with van der Waals surface area (Å²) < 4.78 is 71.4. The van der Waals surface area contributed by atoms with Crippen molar-refractivity contribution in [2.24, 2.45) is 0 Å². The summed E-state index contributed by atoms with van der Waals surface area (Å²) in [6, 6.07) is 0.739. The molecule has 1 heterocycles. The van der Waals surface area contributed by atoms with E-state index in [1.807, 2.05) is 6.20 Å². The van der Waals surface area contributed by atoms with E-state index < -0.39 is 44.3 Å². The first-order chi connectivity index (χ1) is 7.16. The fourth-order valence-electron chi connectivity index (χ4n) is 0.725. The zero-order chi connectivity index (χ0) is 12.4. The van der Waals surface area contributed by atoms with E-state index in [1.165, 1.54) is 0 Å². The van der Waals surface area contributed by atoms with Crippen molar-refractivity contribution >= 4 is 23.5 Å². The average Bonchev–Trinajstić information content (AvgIpc) is 1.96. The molecule has 0 N–H and O–H groups in total. The van der Waals surface area contributed by atoms with Crippen molar-refractivity contribution in [1.82, 2.24) is 4.98 Å². The topological polar surface area (TPSA) is 12.9 Å². The Bertz CT molecular complexity index is 329. The Balaban J connectivity index is 2.79. The molecule has 16 heavy (non-hydrogen) atoms. The average molecular weight is 278 g/mol. The van der Waals surface area contributed by atoms with E-state index in [-0.39, 0.29) is 0 Å². The molecule has 89 valence electrons. The maximum atomic E-state index is 11.9. The Kier molecular flexibility index (Phi) is 4.00. The van der Waals surface area contributed by atoms with E-state index in [0.29, 0.717) is 0 Å². The Morgan fingerprint density at radius 3 is 2.06 bits per heavy atom. The summed E-state index contributed by atoms with van der Waals surface area (Å²) >= 11 is -1.08. The molecule has 1 nitrogen and oxygen atoms in total. The van der Waals surface area contributed by atoms with Crippen molar-refractivity contribution < 1.29 is 26.3 Å². The van der Waals surface area contributed by atoms with Gasteiger partial charge in [-0.3, -0.25) is 4.98 Å². The molecular formula is C7H2F6NS2. The van der Waals surface area contributed by atoms with Gasteiger partial charge in [-0.2, -0.15) is 26.3 Å². The Morgan fingerprint density at radius 2 is 1.56 bits per heavy atom. The number of hydrogen-bond acceptors (Lipinski definition) is 3. The van der Waals surface area contributed by atoms with Crippen molar-refractivity contribution in [3.8, 4) is 0 Å². The number of rotatable bonds is 2. The number of pyridine rings is 1. The Hall–Kier alpha value is -0.570. The fourth-order valence-corrected chi connectivity index (χ4v) is 1.88. The lowest BCUT2D eigenvalue weighted by Gasteiger charge is -2.07. The second-order valence-corrected chi connectivity index (χ2v) is 4.62. The van der Waals surface area contributed by atoms with E-state index >= 15 is 0 Å². The van der Waals surface area contributed by atoms with Gasteiger partial charge < -0.3 is 0 Å². The van der Waals surface area contributed by atoms with Crippen LogP contribution in [0, 0.1) is 6.20 Å². The van der Waals surface area contributed by atoms with Crippen LogP contribution in [-0.4, -0.2) is 16.0 Å². The predicted molar refractivity (Wildman–Crippen MR) is 46.9 cm³/mol. The highest BCUT2D eigenvalue weighted by Gasteiger charge is 2.32. The molecule has 1 rings (SSSR count). The van der Waals surface area contributed by atoms with E-state index in [0.717, 1.165) is 12.3 Å². The number of halogens is 6. The third kappa shape index (κ3) is 5.50. The van der Waals surface area contributed by atoms with Crippen LogP contribution in [0.3, 0.4) is 0 Å². The number of hydrogen-bond donors (Lipinski definition) is 0. The molecular weight excluding hydrogens is 276 g/mol. The molecule has 0 fully saturated rings. The molecule has 1 aromatic rings. The van der Waals surface area contributed by atoms with Crippen LogP contribution in [0.2, 0.25) is 0 Å². The molecule has 0 bridgehead atoms. The maximum absolute atomic E-state index is 11.9. The molecule has 0 amide bonds. The second kappa shape index (κ2) is 4.74.